The second kappa shape index (κ2) is 6.00. The minimum absolute atomic E-state index is 0.676. The number of para-hydroxylation sites is 1. The van der Waals surface area contributed by atoms with Crippen LogP contribution in [0.25, 0.3) is 0 Å². The quantitative estimate of drug-likeness (QED) is 0.895. The van der Waals surface area contributed by atoms with Gasteiger partial charge in [-0.25, -0.2) is 0 Å². The van der Waals surface area contributed by atoms with E-state index >= 15 is 0 Å². The summed E-state index contributed by atoms with van der Waals surface area (Å²) in [5.41, 5.74) is 4.19. The van der Waals surface area contributed by atoms with Crippen LogP contribution < -0.4 is 10.1 Å². The highest BCUT2D eigenvalue weighted by atomic mass is 16.5. The van der Waals surface area contributed by atoms with Gasteiger partial charge in [-0.3, -0.25) is 0 Å². The first-order chi connectivity index (χ1) is 9.86. The molecule has 1 aliphatic heterocycles. The van der Waals surface area contributed by atoms with Crippen LogP contribution in [0.15, 0.2) is 48.5 Å². The van der Waals surface area contributed by atoms with Crippen molar-refractivity contribution >= 4 is 5.69 Å². The maximum Gasteiger partial charge on any atom is 0.118 e. The minimum Gasteiger partial charge on any atom is -0.497 e. The number of methoxy groups -OCH3 is 1. The molecule has 0 amide bonds. The number of nitrogens with one attached hydrogen (secondary N) is 1. The molecule has 2 aromatic rings. The fraction of sp³-hybridized carbons (Fsp3) is 0.333. The van der Waals surface area contributed by atoms with Crippen molar-refractivity contribution in [1.29, 1.82) is 0 Å². The summed E-state index contributed by atoms with van der Waals surface area (Å²) in [7, 11) is 1.71. The zero-order chi connectivity index (χ0) is 13.8. The van der Waals surface area contributed by atoms with E-state index in [0.29, 0.717) is 5.92 Å². The summed E-state index contributed by atoms with van der Waals surface area (Å²) in [6, 6.07) is 17.1. The van der Waals surface area contributed by atoms with Gasteiger partial charge < -0.3 is 10.1 Å². The van der Waals surface area contributed by atoms with Crippen LogP contribution >= 0.6 is 0 Å². The highest BCUT2D eigenvalue weighted by molar-refractivity contribution is 5.54. The third kappa shape index (κ3) is 2.79. The Labute approximate surface area is 120 Å². The van der Waals surface area contributed by atoms with Crippen molar-refractivity contribution in [1.82, 2.24) is 0 Å². The van der Waals surface area contributed by atoms with Gasteiger partial charge in [0.05, 0.1) is 7.11 Å². The molecule has 0 spiro atoms. The second-order valence-corrected chi connectivity index (χ2v) is 5.39. The molecule has 0 fully saturated rings. The first-order valence-electron chi connectivity index (χ1n) is 7.32. The van der Waals surface area contributed by atoms with Gasteiger partial charge in [-0.05, 0) is 54.5 Å². The van der Waals surface area contributed by atoms with E-state index < -0.39 is 0 Å². The second-order valence-electron chi connectivity index (χ2n) is 5.39. The lowest BCUT2D eigenvalue weighted by Gasteiger charge is -2.26. The van der Waals surface area contributed by atoms with Crippen molar-refractivity contribution in [3.8, 4) is 5.75 Å². The number of fused-ring (bicyclic) bond motifs is 1. The highest BCUT2D eigenvalue weighted by Crippen LogP contribution is 2.34. The van der Waals surface area contributed by atoms with Gasteiger partial charge in [0.15, 0.2) is 0 Å². The Hall–Kier alpha value is -1.96. The topological polar surface area (TPSA) is 21.3 Å². The van der Waals surface area contributed by atoms with Gasteiger partial charge in [-0.2, -0.15) is 0 Å². The van der Waals surface area contributed by atoms with E-state index in [1.54, 1.807) is 7.11 Å². The average Bonchev–Trinajstić information content (AvgIpc) is 2.53. The summed E-state index contributed by atoms with van der Waals surface area (Å²) in [5, 5.41) is 3.49. The molecule has 1 N–H and O–H groups in total. The van der Waals surface area contributed by atoms with Gasteiger partial charge in [0.25, 0.3) is 0 Å². The van der Waals surface area contributed by atoms with Crippen LogP contribution in [0.1, 0.15) is 29.9 Å². The summed E-state index contributed by atoms with van der Waals surface area (Å²) in [4.78, 5) is 0. The third-order valence-electron chi connectivity index (χ3n) is 4.15. The van der Waals surface area contributed by atoms with Gasteiger partial charge in [0, 0.05) is 12.2 Å². The Morgan fingerprint density at radius 1 is 1.10 bits per heavy atom. The number of anilines is 1. The molecule has 2 heteroatoms. The Morgan fingerprint density at radius 2 is 1.90 bits per heavy atom. The summed E-state index contributed by atoms with van der Waals surface area (Å²) in [6.07, 6.45) is 3.57. The van der Waals surface area contributed by atoms with Crippen LogP contribution in [0.3, 0.4) is 0 Å². The summed E-state index contributed by atoms with van der Waals surface area (Å²) >= 11 is 0. The van der Waals surface area contributed by atoms with E-state index in [1.165, 1.54) is 29.7 Å². The van der Waals surface area contributed by atoms with E-state index in [4.69, 9.17) is 4.74 Å². The smallest absolute Gasteiger partial charge is 0.118 e. The first kappa shape index (κ1) is 13.0. The van der Waals surface area contributed by atoms with Crippen LogP contribution in [0.4, 0.5) is 5.69 Å². The van der Waals surface area contributed by atoms with Crippen LogP contribution in [0.5, 0.6) is 5.75 Å². The SMILES string of the molecule is COc1ccc(CCC2CCNc3ccccc32)cc1. The Bertz CT molecular complexity index is 562. The largest absolute Gasteiger partial charge is 0.497 e. The Morgan fingerprint density at radius 3 is 2.70 bits per heavy atom. The number of hydrogen-bond donors (Lipinski definition) is 1. The maximum atomic E-state index is 5.20. The molecule has 20 heavy (non-hydrogen) atoms. The Balaban J connectivity index is 1.66. The number of rotatable bonds is 4. The minimum atomic E-state index is 0.676. The first-order valence-corrected chi connectivity index (χ1v) is 7.32. The molecule has 1 heterocycles. The number of aryl methyl sites for hydroxylation is 1. The molecule has 1 atom stereocenters. The fourth-order valence-electron chi connectivity index (χ4n) is 2.98. The van der Waals surface area contributed by atoms with E-state index in [0.717, 1.165) is 18.7 Å². The predicted octanol–water partition coefficient (Wildman–Crippen LogP) is 4.23. The lowest BCUT2D eigenvalue weighted by atomic mass is 9.86. The van der Waals surface area contributed by atoms with Crippen molar-refractivity contribution in [2.24, 2.45) is 0 Å². The standard InChI is InChI=1S/C18H21NO/c1-20-16-10-7-14(8-11-16)6-9-15-12-13-19-18-5-3-2-4-17(15)18/h2-5,7-8,10-11,15,19H,6,9,12-13H2,1H3. The van der Waals surface area contributed by atoms with Crippen LogP contribution in [-0.2, 0) is 6.42 Å². The molecule has 0 bridgehead atoms. The fourth-order valence-corrected chi connectivity index (χ4v) is 2.98. The lowest BCUT2D eigenvalue weighted by Crippen LogP contribution is -2.17. The molecule has 1 unspecified atom stereocenters. The van der Waals surface area contributed by atoms with Crippen molar-refractivity contribution in [2.45, 2.75) is 25.2 Å². The molecular formula is C18H21NO. The number of hydrogen-bond acceptors (Lipinski definition) is 2. The molecule has 2 nitrogen and oxygen atoms in total. The van der Waals surface area contributed by atoms with E-state index in [2.05, 4.69) is 41.7 Å². The molecule has 1 aliphatic rings. The zero-order valence-corrected chi connectivity index (χ0v) is 11.9. The van der Waals surface area contributed by atoms with Gasteiger partial charge >= 0.3 is 0 Å². The maximum absolute atomic E-state index is 5.20. The number of ether oxygens (including phenoxy) is 1. The molecule has 3 rings (SSSR count). The monoisotopic (exact) mass is 267 g/mol. The molecule has 0 saturated carbocycles. The normalized spacial score (nSPS) is 17.1. The van der Waals surface area contributed by atoms with Gasteiger partial charge in [-0.1, -0.05) is 30.3 Å². The molecule has 0 saturated heterocycles. The molecule has 0 radical (unpaired) electrons. The molecule has 104 valence electrons. The van der Waals surface area contributed by atoms with Gasteiger partial charge in [-0.15, -0.1) is 0 Å². The lowest BCUT2D eigenvalue weighted by molar-refractivity contribution is 0.414. The molecule has 0 aromatic heterocycles. The van der Waals surface area contributed by atoms with Crippen LogP contribution in [-0.4, -0.2) is 13.7 Å². The molecule has 0 aliphatic carbocycles. The highest BCUT2D eigenvalue weighted by Gasteiger charge is 2.18. The van der Waals surface area contributed by atoms with E-state index in [9.17, 15) is 0 Å². The van der Waals surface area contributed by atoms with E-state index in [1.807, 2.05) is 12.1 Å². The van der Waals surface area contributed by atoms with Crippen molar-refractivity contribution < 1.29 is 4.74 Å². The van der Waals surface area contributed by atoms with Crippen molar-refractivity contribution in [3.63, 3.8) is 0 Å². The number of benzene rings is 2. The molecular weight excluding hydrogens is 246 g/mol. The zero-order valence-electron chi connectivity index (χ0n) is 11.9. The van der Waals surface area contributed by atoms with Gasteiger partial charge in [0.1, 0.15) is 5.75 Å². The summed E-state index contributed by atoms with van der Waals surface area (Å²) < 4.78 is 5.20. The third-order valence-corrected chi connectivity index (χ3v) is 4.15. The summed E-state index contributed by atoms with van der Waals surface area (Å²) in [5.74, 6) is 1.61. The van der Waals surface area contributed by atoms with Crippen molar-refractivity contribution in [3.05, 3.63) is 59.7 Å². The predicted molar refractivity (Wildman–Crippen MR) is 83.6 cm³/mol. The van der Waals surface area contributed by atoms with Crippen LogP contribution in [0.2, 0.25) is 0 Å². The van der Waals surface area contributed by atoms with Crippen molar-refractivity contribution in [2.75, 3.05) is 19.0 Å². The molecule has 2 aromatic carbocycles. The average molecular weight is 267 g/mol. The van der Waals surface area contributed by atoms with Crippen LogP contribution in [0, 0.1) is 0 Å². The summed E-state index contributed by atoms with van der Waals surface area (Å²) in [6.45, 7) is 1.09. The van der Waals surface area contributed by atoms with E-state index in [-0.39, 0.29) is 0 Å². The van der Waals surface area contributed by atoms with Gasteiger partial charge in [0.2, 0.25) is 0 Å². The Kier molecular flexibility index (Phi) is 3.91.